The first-order chi connectivity index (χ1) is 21.1. The van der Waals surface area contributed by atoms with E-state index < -0.39 is 29.1 Å². The van der Waals surface area contributed by atoms with Crippen LogP contribution < -0.4 is 11.2 Å². The second-order valence-corrected chi connectivity index (χ2v) is 9.27. The summed E-state index contributed by atoms with van der Waals surface area (Å²) in [6.07, 6.45) is -2.07. The smallest absolute Gasteiger partial charge is 0.420 e. The molecular formula is C29H37F3N6O6. The molecule has 0 aliphatic rings. The number of aryl methyl sites for hydroxylation is 1. The van der Waals surface area contributed by atoms with Gasteiger partial charge in [0.05, 0.1) is 43.7 Å². The number of methoxy groups -OCH3 is 1. The number of ether oxygens (including phenoxy) is 3. The van der Waals surface area contributed by atoms with Gasteiger partial charge in [0.25, 0.3) is 5.56 Å². The molecular weight excluding hydrogens is 585 g/mol. The van der Waals surface area contributed by atoms with Crippen LogP contribution in [-0.4, -0.2) is 68.1 Å². The maximum absolute atomic E-state index is 13.5. The summed E-state index contributed by atoms with van der Waals surface area (Å²) < 4.78 is 59.9. The van der Waals surface area contributed by atoms with E-state index in [0.717, 1.165) is 21.3 Å². The van der Waals surface area contributed by atoms with Crippen LogP contribution in [0.15, 0.2) is 46.2 Å². The summed E-state index contributed by atoms with van der Waals surface area (Å²) in [6, 6.07) is 4.85. The number of nitrogens with zero attached hydrogens (tertiary/aromatic N) is 6. The van der Waals surface area contributed by atoms with Crippen LogP contribution in [0, 0.1) is 0 Å². The van der Waals surface area contributed by atoms with Crippen molar-refractivity contribution < 1.29 is 32.2 Å². The van der Waals surface area contributed by atoms with Gasteiger partial charge in [-0.15, -0.1) is 0 Å². The van der Waals surface area contributed by atoms with Crippen molar-refractivity contribution in [2.75, 3.05) is 33.5 Å². The second-order valence-electron chi connectivity index (χ2n) is 9.27. The van der Waals surface area contributed by atoms with Gasteiger partial charge in [0.15, 0.2) is 17.0 Å². The van der Waals surface area contributed by atoms with Gasteiger partial charge in [-0.25, -0.2) is 19.1 Å². The van der Waals surface area contributed by atoms with Crippen LogP contribution in [-0.2, 0) is 40.0 Å². The molecule has 0 aliphatic heterocycles. The summed E-state index contributed by atoms with van der Waals surface area (Å²) in [7, 11) is 1.53. The normalized spacial score (nSPS) is 11.5. The van der Waals surface area contributed by atoms with E-state index >= 15 is 0 Å². The fourth-order valence-corrected chi connectivity index (χ4v) is 4.41. The topological polar surface area (TPSA) is 124 Å². The minimum absolute atomic E-state index is 0.00359. The lowest BCUT2D eigenvalue weighted by molar-refractivity contribution is -0.137. The van der Waals surface area contributed by atoms with Gasteiger partial charge in [-0.2, -0.15) is 18.3 Å². The first-order valence-electron chi connectivity index (χ1n) is 14.3. The number of carbonyl (C=O) groups excluding carboxylic acids is 1. The fraction of sp³-hybridized carbons (Fsp3) is 0.483. The second kappa shape index (κ2) is 15.5. The fourth-order valence-electron chi connectivity index (χ4n) is 4.41. The third kappa shape index (κ3) is 7.63. The molecule has 0 amide bonds. The van der Waals surface area contributed by atoms with E-state index in [2.05, 4.69) is 10.1 Å². The summed E-state index contributed by atoms with van der Waals surface area (Å²) in [4.78, 5) is 44.5. The molecule has 0 aliphatic carbocycles. The van der Waals surface area contributed by atoms with Crippen LogP contribution in [0.1, 0.15) is 45.2 Å². The highest BCUT2D eigenvalue weighted by Crippen LogP contribution is 2.30. The van der Waals surface area contributed by atoms with Crippen molar-refractivity contribution in [2.45, 2.75) is 59.9 Å². The summed E-state index contributed by atoms with van der Waals surface area (Å²) in [5, 5.41) is 4.23. The van der Waals surface area contributed by atoms with Crippen molar-refractivity contribution in [2.24, 2.45) is 0 Å². The lowest BCUT2D eigenvalue weighted by Crippen LogP contribution is -2.40. The molecule has 12 nitrogen and oxygen atoms in total. The molecule has 44 heavy (non-hydrogen) atoms. The van der Waals surface area contributed by atoms with Gasteiger partial charge in [-0.3, -0.25) is 18.6 Å². The number of carbonyl (C=O) groups is 1. The average Bonchev–Trinajstić information content (AvgIpc) is 3.63. The zero-order valence-electron chi connectivity index (χ0n) is 25.4. The Labute approximate surface area is 251 Å². The van der Waals surface area contributed by atoms with Crippen molar-refractivity contribution in [3.63, 3.8) is 0 Å². The van der Waals surface area contributed by atoms with Crippen LogP contribution in [0.2, 0.25) is 0 Å². The molecule has 4 rings (SSSR count). The molecule has 0 bridgehead atoms. The molecule has 0 fully saturated rings. The highest BCUT2D eigenvalue weighted by Gasteiger charge is 2.30. The minimum Gasteiger partial charge on any atom is -0.446 e. The summed E-state index contributed by atoms with van der Waals surface area (Å²) in [6.45, 7) is 8.42. The van der Waals surface area contributed by atoms with E-state index in [0.29, 0.717) is 25.2 Å². The van der Waals surface area contributed by atoms with E-state index in [1.54, 1.807) is 6.92 Å². The maximum Gasteiger partial charge on any atom is 0.420 e. The summed E-state index contributed by atoms with van der Waals surface area (Å²) in [5.41, 5.74) is -1.57. The minimum atomic E-state index is -4.49. The maximum atomic E-state index is 13.5. The molecule has 3 heterocycles. The van der Waals surface area contributed by atoms with Gasteiger partial charge < -0.3 is 14.2 Å². The first kappa shape index (κ1) is 34.3. The van der Waals surface area contributed by atoms with Gasteiger partial charge in [-0.1, -0.05) is 32.9 Å². The molecule has 0 atom stereocenters. The number of rotatable bonds is 12. The Kier molecular flexibility index (Phi) is 12.0. The van der Waals surface area contributed by atoms with Gasteiger partial charge in [-0.05, 0) is 31.0 Å². The van der Waals surface area contributed by atoms with E-state index in [-0.39, 0.29) is 55.4 Å². The highest BCUT2D eigenvalue weighted by molar-refractivity contribution is 5.90. The largest absolute Gasteiger partial charge is 0.446 e. The Hall–Kier alpha value is -4.24. The SMILES string of the molecule is CC.CCCn1c(=O)c2c(nc(-c3cnn(Cc4cccc(C(F)(F)F)c4)c3)n2C(=O)OCCOCCOC)n(CC)c1=O. The Bertz CT molecular complexity index is 1670. The van der Waals surface area contributed by atoms with Gasteiger partial charge in [0.2, 0.25) is 0 Å². The molecule has 15 heteroatoms. The van der Waals surface area contributed by atoms with E-state index in [4.69, 9.17) is 14.2 Å². The quantitative estimate of drug-likeness (QED) is 0.213. The van der Waals surface area contributed by atoms with E-state index in [1.807, 2.05) is 20.8 Å². The van der Waals surface area contributed by atoms with Crippen LogP contribution in [0.3, 0.4) is 0 Å². The Balaban J connectivity index is 0.00000259. The van der Waals surface area contributed by atoms with Crippen LogP contribution in [0.4, 0.5) is 18.0 Å². The van der Waals surface area contributed by atoms with Crippen molar-refractivity contribution in [3.8, 4) is 11.4 Å². The molecule has 0 saturated carbocycles. The number of aromatic nitrogens is 6. The average molecular weight is 623 g/mol. The van der Waals surface area contributed by atoms with E-state index in [1.165, 1.54) is 40.9 Å². The number of halogens is 3. The molecule has 0 spiro atoms. The van der Waals surface area contributed by atoms with Gasteiger partial charge >= 0.3 is 18.0 Å². The predicted molar refractivity (Wildman–Crippen MR) is 157 cm³/mol. The van der Waals surface area contributed by atoms with Crippen LogP contribution in [0.25, 0.3) is 22.6 Å². The number of hydrogen-bond donors (Lipinski definition) is 0. The number of imidazole rings is 1. The number of benzene rings is 1. The number of hydrogen-bond acceptors (Lipinski definition) is 8. The van der Waals surface area contributed by atoms with Crippen molar-refractivity contribution in [1.29, 1.82) is 0 Å². The Morgan fingerprint density at radius 2 is 1.75 bits per heavy atom. The third-order valence-corrected chi connectivity index (χ3v) is 6.35. The van der Waals surface area contributed by atoms with E-state index in [9.17, 15) is 27.6 Å². The van der Waals surface area contributed by atoms with Crippen molar-refractivity contribution in [3.05, 3.63) is 68.6 Å². The molecule has 4 aromatic rings. The lowest BCUT2D eigenvalue weighted by atomic mass is 10.1. The molecule has 1 aromatic carbocycles. The Morgan fingerprint density at radius 3 is 2.41 bits per heavy atom. The molecule has 0 unspecified atom stereocenters. The Morgan fingerprint density at radius 1 is 1.02 bits per heavy atom. The monoisotopic (exact) mass is 622 g/mol. The van der Waals surface area contributed by atoms with Crippen LogP contribution >= 0.6 is 0 Å². The standard InChI is InChI=1S/C27H31F3N6O6.C2H6/c1-4-9-35-24(37)21-23(34(5-2)25(35)38)32-22(36(21)26(39)42-13-12-41-11-10-40-3)19-15-31-33(17-19)16-18-7-6-8-20(14-18)27(28,29)30;1-2/h6-8,14-15,17H,4-5,9-13,16H2,1-3H3;1-2H3. The molecule has 3 aromatic heterocycles. The number of fused-ring (bicyclic) bond motifs is 1. The van der Waals surface area contributed by atoms with Crippen molar-refractivity contribution >= 4 is 17.3 Å². The van der Waals surface area contributed by atoms with Crippen molar-refractivity contribution in [1.82, 2.24) is 28.5 Å². The molecule has 240 valence electrons. The van der Waals surface area contributed by atoms with Gasteiger partial charge in [0, 0.05) is 26.4 Å². The predicted octanol–water partition coefficient (Wildman–Crippen LogP) is 4.39. The highest BCUT2D eigenvalue weighted by atomic mass is 19.4. The summed E-state index contributed by atoms with van der Waals surface area (Å²) >= 11 is 0. The lowest BCUT2D eigenvalue weighted by Gasteiger charge is -2.11. The zero-order valence-corrected chi connectivity index (χ0v) is 25.4. The molecule has 0 saturated heterocycles. The molecule has 0 radical (unpaired) electrons. The van der Waals surface area contributed by atoms with Gasteiger partial charge in [0.1, 0.15) is 6.61 Å². The molecule has 0 N–H and O–H groups in total. The van der Waals surface area contributed by atoms with Crippen LogP contribution in [0.5, 0.6) is 0 Å². The third-order valence-electron chi connectivity index (χ3n) is 6.35. The summed E-state index contributed by atoms with van der Waals surface area (Å²) in [5.74, 6) is -0.0152. The first-order valence-corrected chi connectivity index (χ1v) is 14.3. The number of alkyl halides is 3. The zero-order chi connectivity index (χ0) is 32.4.